The SMILES string of the molecule is c1ccc(-n2c3ccccc3c3cc4c(cc32)c2ccccc2n4-c2ccc3sc4c(-c5cccc6sc7ccccc7c56)cccc4c3c2)cc1. The largest absolute Gasteiger partial charge is 0.309 e. The Morgan fingerprint density at radius 1 is 0.308 bits per heavy atom. The van der Waals surface area contributed by atoms with E-state index in [1.165, 1.54) is 106 Å². The summed E-state index contributed by atoms with van der Waals surface area (Å²) in [5, 5.41) is 10.4. The van der Waals surface area contributed by atoms with Crippen LogP contribution in [0.5, 0.6) is 0 Å². The summed E-state index contributed by atoms with van der Waals surface area (Å²) in [6.07, 6.45) is 0. The zero-order valence-electron chi connectivity index (χ0n) is 27.9. The molecule has 12 aromatic rings. The fraction of sp³-hybridized carbons (Fsp3) is 0. The predicted octanol–water partition coefficient (Wildman–Crippen LogP) is 14.3. The van der Waals surface area contributed by atoms with Gasteiger partial charge in [-0.05, 0) is 72.3 Å². The zero-order chi connectivity index (χ0) is 33.9. The van der Waals surface area contributed by atoms with Gasteiger partial charge in [-0.3, -0.25) is 0 Å². The molecule has 0 fully saturated rings. The minimum absolute atomic E-state index is 1.18. The van der Waals surface area contributed by atoms with E-state index in [0.29, 0.717) is 0 Å². The number of benzene rings is 8. The Kier molecular flexibility index (Phi) is 5.84. The van der Waals surface area contributed by atoms with Crippen molar-refractivity contribution < 1.29 is 0 Å². The number of nitrogens with zero attached hydrogens (tertiary/aromatic N) is 2. The molecule has 12 rings (SSSR count). The molecule has 4 heteroatoms. The second-order valence-electron chi connectivity index (χ2n) is 13.7. The van der Waals surface area contributed by atoms with Gasteiger partial charge in [-0.1, -0.05) is 103 Å². The Labute approximate surface area is 306 Å². The maximum Gasteiger partial charge on any atom is 0.0548 e. The highest BCUT2D eigenvalue weighted by Gasteiger charge is 2.20. The van der Waals surface area contributed by atoms with Gasteiger partial charge in [0, 0.05) is 78.8 Å². The number of fused-ring (bicyclic) bond motifs is 12. The lowest BCUT2D eigenvalue weighted by Crippen LogP contribution is -1.94. The van der Waals surface area contributed by atoms with Crippen molar-refractivity contribution in [3.63, 3.8) is 0 Å². The average Bonchev–Trinajstić information content (AvgIpc) is 3.94. The standard InChI is InChI=1S/C48H28N2S2/c1-2-12-29(13-3-1)49-40-20-7-4-14-31(40)37-28-43-38(27-42(37)49)32-15-5-8-21-41(32)50(43)30-24-25-45-39(26-30)35-19-10-18-34(48(35)52-45)33-17-11-23-46-47(33)36-16-6-9-22-44(36)51-46/h1-28H. The van der Waals surface area contributed by atoms with Crippen LogP contribution in [0.1, 0.15) is 0 Å². The highest BCUT2D eigenvalue weighted by molar-refractivity contribution is 7.26. The fourth-order valence-electron chi connectivity index (χ4n) is 8.70. The lowest BCUT2D eigenvalue weighted by atomic mass is 9.98. The predicted molar refractivity (Wildman–Crippen MR) is 226 cm³/mol. The second-order valence-corrected chi connectivity index (χ2v) is 15.8. The van der Waals surface area contributed by atoms with Crippen LogP contribution >= 0.6 is 22.7 Å². The Bertz CT molecular complexity index is 3410. The molecular weight excluding hydrogens is 669 g/mol. The van der Waals surface area contributed by atoms with Crippen LogP contribution in [0, 0.1) is 0 Å². The van der Waals surface area contributed by atoms with Gasteiger partial charge in [0.25, 0.3) is 0 Å². The quantitative estimate of drug-likeness (QED) is 0.174. The number of hydrogen-bond acceptors (Lipinski definition) is 2. The third-order valence-electron chi connectivity index (χ3n) is 10.9. The molecule has 2 nitrogen and oxygen atoms in total. The molecule has 0 radical (unpaired) electrons. The van der Waals surface area contributed by atoms with E-state index in [1.54, 1.807) is 0 Å². The second kappa shape index (κ2) is 10.7. The van der Waals surface area contributed by atoms with E-state index < -0.39 is 0 Å². The average molecular weight is 697 g/mol. The molecule has 8 aromatic carbocycles. The third kappa shape index (κ3) is 3.88. The lowest BCUT2D eigenvalue weighted by molar-refractivity contribution is 1.18. The maximum absolute atomic E-state index is 2.48. The van der Waals surface area contributed by atoms with Crippen molar-refractivity contribution in [3.8, 4) is 22.5 Å². The molecule has 4 aromatic heterocycles. The molecule has 0 bridgehead atoms. The number of thiophene rings is 2. The molecule has 0 saturated heterocycles. The first kappa shape index (κ1) is 28.5. The Morgan fingerprint density at radius 3 is 1.65 bits per heavy atom. The van der Waals surface area contributed by atoms with Crippen LogP contribution < -0.4 is 0 Å². The normalized spacial score (nSPS) is 12.2. The van der Waals surface area contributed by atoms with E-state index in [1.807, 2.05) is 22.7 Å². The van der Waals surface area contributed by atoms with Crippen molar-refractivity contribution in [1.82, 2.24) is 9.13 Å². The van der Waals surface area contributed by atoms with Crippen molar-refractivity contribution in [2.24, 2.45) is 0 Å². The summed E-state index contributed by atoms with van der Waals surface area (Å²) in [6.45, 7) is 0. The summed E-state index contributed by atoms with van der Waals surface area (Å²) in [5.41, 5.74) is 9.87. The number of aromatic nitrogens is 2. The van der Waals surface area contributed by atoms with Crippen molar-refractivity contribution >= 4 is 107 Å². The monoisotopic (exact) mass is 696 g/mol. The van der Waals surface area contributed by atoms with E-state index in [0.717, 1.165) is 0 Å². The lowest BCUT2D eigenvalue weighted by Gasteiger charge is -2.10. The van der Waals surface area contributed by atoms with Crippen LogP contribution in [-0.2, 0) is 0 Å². The van der Waals surface area contributed by atoms with E-state index in [2.05, 4.69) is 179 Å². The maximum atomic E-state index is 2.48. The van der Waals surface area contributed by atoms with Gasteiger partial charge in [0.05, 0.1) is 22.1 Å². The van der Waals surface area contributed by atoms with Gasteiger partial charge in [-0.15, -0.1) is 22.7 Å². The summed E-state index contributed by atoms with van der Waals surface area (Å²) >= 11 is 3.79. The van der Waals surface area contributed by atoms with E-state index in [-0.39, 0.29) is 0 Å². The minimum Gasteiger partial charge on any atom is -0.309 e. The third-order valence-corrected chi connectivity index (χ3v) is 13.3. The minimum atomic E-state index is 1.18. The van der Waals surface area contributed by atoms with Gasteiger partial charge in [-0.25, -0.2) is 0 Å². The van der Waals surface area contributed by atoms with E-state index in [9.17, 15) is 0 Å². The molecule has 0 aliphatic carbocycles. The number of rotatable bonds is 3. The summed E-state index contributed by atoms with van der Waals surface area (Å²) < 4.78 is 10.2. The highest BCUT2D eigenvalue weighted by atomic mass is 32.1. The summed E-state index contributed by atoms with van der Waals surface area (Å²) in [5.74, 6) is 0. The number of para-hydroxylation sites is 3. The van der Waals surface area contributed by atoms with Gasteiger partial charge in [0.15, 0.2) is 0 Å². The van der Waals surface area contributed by atoms with Gasteiger partial charge in [0.1, 0.15) is 0 Å². The molecular formula is C48H28N2S2. The topological polar surface area (TPSA) is 9.86 Å². The molecule has 242 valence electrons. The summed E-state index contributed by atoms with van der Waals surface area (Å²) in [7, 11) is 0. The molecule has 0 unspecified atom stereocenters. The smallest absolute Gasteiger partial charge is 0.0548 e. The van der Waals surface area contributed by atoms with E-state index >= 15 is 0 Å². The molecule has 0 amide bonds. The van der Waals surface area contributed by atoms with Crippen LogP contribution in [0.4, 0.5) is 0 Å². The van der Waals surface area contributed by atoms with Crippen molar-refractivity contribution in [2.45, 2.75) is 0 Å². The Hall–Kier alpha value is -6.20. The van der Waals surface area contributed by atoms with Crippen molar-refractivity contribution in [2.75, 3.05) is 0 Å². The highest BCUT2D eigenvalue weighted by Crippen LogP contribution is 2.46. The zero-order valence-corrected chi connectivity index (χ0v) is 29.5. The van der Waals surface area contributed by atoms with Crippen LogP contribution in [0.25, 0.3) is 106 Å². The van der Waals surface area contributed by atoms with Gasteiger partial charge in [0.2, 0.25) is 0 Å². The van der Waals surface area contributed by atoms with E-state index in [4.69, 9.17) is 0 Å². The fourth-order valence-corrected chi connectivity index (χ4v) is 11.0. The molecule has 52 heavy (non-hydrogen) atoms. The van der Waals surface area contributed by atoms with Crippen molar-refractivity contribution in [1.29, 1.82) is 0 Å². The number of hydrogen-bond donors (Lipinski definition) is 0. The Balaban J connectivity index is 1.12. The first-order valence-corrected chi connectivity index (χ1v) is 19.3. The molecule has 0 aliphatic heterocycles. The van der Waals surface area contributed by atoms with Gasteiger partial charge in [-0.2, -0.15) is 0 Å². The summed E-state index contributed by atoms with van der Waals surface area (Å²) in [6, 6.07) is 62.8. The van der Waals surface area contributed by atoms with Crippen molar-refractivity contribution in [3.05, 3.63) is 170 Å². The van der Waals surface area contributed by atoms with Crippen LogP contribution in [0.3, 0.4) is 0 Å². The first-order valence-electron chi connectivity index (χ1n) is 17.7. The molecule has 0 aliphatic rings. The molecule has 0 saturated carbocycles. The first-order chi connectivity index (χ1) is 25.8. The van der Waals surface area contributed by atoms with Crippen LogP contribution in [0.15, 0.2) is 170 Å². The van der Waals surface area contributed by atoms with Gasteiger partial charge >= 0.3 is 0 Å². The molecule has 0 atom stereocenters. The Morgan fingerprint density at radius 2 is 0.885 bits per heavy atom. The molecule has 0 N–H and O–H groups in total. The van der Waals surface area contributed by atoms with Gasteiger partial charge < -0.3 is 9.13 Å². The van der Waals surface area contributed by atoms with Crippen LogP contribution in [0.2, 0.25) is 0 Å². The summed E-state index contributed by atoms with van der Waals surface area (Å²) in [4.78, 5) is 0. The van der Waals surface area contributed by atoms with Crippen LogP contribution in [-0.4, -0.2) is 9.13 Å². The molecule has 0 spiro atoms. The molecule has 4 heterocycles.